The Morgan fingerprint density at radius 3 is 2.68 bits per heavy atom. The predicted molar refractivity (Wildman–Crippen MR) is 75.6 cm³/mol. The number of hydrogen-bond acceptors (Lipinski definition) is 3. The van der Waals surface area contributed by atoms with Gasteiger partial charge in [-0.2, -0.15) is 0 Å². The molecule has 1 aromatic carbocycles. The van der Waals surface area contributed by atoms with E-state index in [1.165, 1.54) is 0 Å². The highest BCUT2D eigenvalue weighted by Crippen LogP contribution is 2.19. The van der Waals surface area contributed by atoms with E-state index >= 15 is 0 Å². The van der Waals surface area contributed by atoms with E-state index in [0.29, 0.717) is 12.1 Å². The number of methoxy groups -OCH3 is 1. The molecule has 0 radical (unpaired) electrons. The summed E-state index contributed by atoms with van der Waals surface area (Å²) in [5, 5.41) is 8.71. The van der Waals surface area contributed by atoms with Crippen molar-refractivity contribution in [2.75, 3.05) is 27.3 Å². The molecule has 0 aromatic heterocycles. The van der Waals surface area contributed by atoms with Crippen molar-refractivity contribution in [3.8, 4) is 5.75 Å². The van der Waals surface area contributed by atoms with Crippen molar-refractivity contribution in [2.24, 2.45) is 0 Å². The van der Waals surface area contributed by atoms with Crippen LogP contribution in [0.25, 0.3) is 0 Å². The van der Waals surface area contributed by atoms with Crippen LogP contribution in [-0.2, 0) is 0 Å². The molecule has 4 heteroatoms. The van der Waals surface area contributed by atoms with Crippen LogP contribution in [0.15, 0.2) is 18.2 Å². The molecule has 0 aliphatic carbocycles. The summed E-state index contributed by atoms with van der Waals surface area (Å²) in [4.78, 5) is 13.9. The van der Waals surface area contributed by atoms with Crippen molar-refractivity contribution in [1.82, 2.24) is 4.90 Å². The lowest BCUT2D eigenvalue weighted by molar-refractivity contribution is 0.0792. The molecule has 0 saturated heterocycles. The molecule has 0 bridgehead atoms. The van der Waals surface area contributed by atoms with Crippen molar-refractivity contribution in [3.63, 3.8) is 0 Å². The molecule has 1 aromatic rings. The number of unbranched alkanes of at least 4 members (excludes halogenated alkanes) is 2. The first-order valence-electron chi connectivity index (χ1n) is 6.61. The highest BCUT2D eigenvalue weighted by Gasteiger charge is 2.12. The van der Waals surface area contributed by atoms with E-state index in [-0.39, 0.29) is 12.5 Å². The zero-order chi connectivity index (χ0) is 14.3. The smallest absolute Gasteiger partial charge is 0.253 e. The largest absolute Gasteiger partial charge is 0.496 e. The minimum absolute atomic E-state index is 0.00213. The Morgan fingerprint density at radius 1 is 1.32 bits per heavy atom. The summed E-state index contributed by atoms with van der Waals surface area (Å²) in [7, 11) is 3.41. The summed E-state index contributed by atoms with van der Waals surface area (Å²) in [5.74, 6) is 0.738. The van der Waals surface area contributed by atoms with E-state index in [0.717, 1.165) is 30.6 Å². The number of aliphatic hydroxyl groups is 1. The van der Waals surface area contributed by atoms with Gasteiger partial charge in [-0.15, -0.1) is 0 Å². The fourth-order valence-electron chi connectivity index (χ4n) is 1.91. The molecule has 0 spiro atoms. The number of ether oxygens (including phenoxy) is 1. The lowest BCUT2D eigenvalue weighted by atomic mass is 10.1. The predicted octanol–water partition coefficient (Wildman–Crippen LogP) is 2.24. The quantitative estimate of drug-likeness (QED) is 0.769. The van der Waals surface area contributed by atoms with Gasteiger partial charge in [-0.3, -0.25) is 4.79 Å². The van der Waals surface area contributed by atoms with E-state index in [1.807, 2.05) is 19.1 Å². The fourth-order valence-corrected chi connectivity index (χ4v) is 1.91. The Labute approximate surface area is 115 Å². The number of nitrogens with zero attached hydrogens (tertiary/aromatic N) is 1. The summed E-state index contributed by atoms with van der Waals surface area (Å²) in [6.07, 6.45) is 2.64. The normalized spacial score (nSPS) is 10.3. The van der Waals surface area contributed by atoms with Crippen molar-refractivity contribution in [2.45, 2.75) is 26.2 Å². The number of carbonyl (C=O) groups is 1. The van der Waals surface area contributed by atoms with Crippen LogP contribution in [0.3, 0.4) is 0 Å². The van der Waals surface area contributed by atoms with Crippen molar-refractivity contribution in [1.29, 1.82) is 0 Å². The second-order valence-corrected chi connectivity index (χ2v) is 4.70. The second-order valence-electron chi connectivity index (χ2n) is 4.70. The van der Waals surface area contributed by atoms with E-state index in [1.54, 1.807) is 25.1 Å². The Hall–Kier alpha value is -1.55. The van der Waals surface area contributed by atoms with Gasteiger partial charge in [0.1, 0.15) is 5.75 Å². The van der Waals surface area contributed by atoms with Gasteiger partial charge in [-0.05, 0) is 43.9 Å². The van der Waals surface area contributed by atoms with Gasteiger partial charge in [0.15, 0.2) is 0 Å². The zero-order valence-electron chi connectivity index (χ0n) is 12.0. The van der Waals surface area contributed by atoms with Crippen LogP contribution in [-0.4, -0.2) is 43.2 Å². The third-order valence-corrected chi connectivity index (χ3v) is 3.15. The molecular formula is C15H23NO3. The van der Waals surface area contributed by atoms with Gasteiger partial charge in [-0.25, -0.2) is 0 Å². The monoisotopic (exact) mass is 265 g/mol. The highest BCUT2D eigenvalue weighted by atomic mass is 16.5. The number of benzene rings is 1. The first-order chi connectivity index (χ1) is 9.10. The standard InChI is InChI=1S/C15H23NO3/c1-12-7-8-13(11-14(12)19-3)15(18)16(2)9-5-4-6-10-17/h7-8,11,17H,4-6,9-10H2,1-3H3. The Balaban J connectivity index is 2.61. The molecule has 0 atom stereocenters. The molecule has 0 unspecified atom stereocenters. The van der Waals surface area contributed by atoms with E-state index < -0.39 is 0 Å². The first-order valence-corrected chi connectivity index (χ1v) is 6.61. The van der Waals surface area contributed by atoms with Crippen molar-refractivity contribution < 1.29 is 14.6 Å². The molecule has 0 saturated carbocycles. The molecule has 19 heavy (non-hydrogen) atoms. The van der Waals surface area contributed by atoms with Crippen LogP contribution in [0.5, 0.6) is 5.75 Å². The Morgan fingerprint density at radius 2 is 2.05 bits per heavy atom. The number of rotatable bonds is 7. The van der Waals surface area contributed by atoms with E-state index in [4.69, 9.17) is 9.84 Å². The van der Waals surface area contributed by atoms with Gasteiger partial charge < -0.3 is 14.7 Å². The van der Waals surface area contributed by atoms with Gasteiger partial charge in [-0.1, -0.05) is 6.07 Å². The van der Waals surface area contributed by atoms with Gasteiger partial charge in [0.25, 0.3) is 5.91 Å². The molecule has 1 amide bonds. The molecule has 0 aliphatic rings. The summed E-state index contributed by atoms with van der Waals surface area (Å²) >= 11 is 0. The second kappa shape index (κ2) is 7.79. The highest BCUT2D eigenvalue weighted by molar-refractivity contribution is 5.94. The summed E-state index contributed by atoms with van der Waals surface area (Å²) in [5.41, 5.74) is 1.66. The van der Waals surface area contributed by atoms with Gasteiger partial charge in [0, 0.05) is 25.8 Å². The number of aryl methyl sites for hydroxylation is 1. The summed E-state index contributed by atoms with van der Waals surface area (Å²) in [6, 6.07) is 5.50. The van der Waals surface area contributed by atoms with Crippen LogP contribution in [0.4, 0.5) is 0 Å². The number of aliphatic hydroxyl groups excluding tert-OH is 1. The van der Waals surface area contributed by atoms with Crippen LogP contribution in [0.2, 0.25) is 0 Å². The van der Waals surface area contributed by atoms with Crippen LogP contribution < -0.4 is 4.74 Å². The third-order valence-electron chi connectivity index (χ3n) is 3.15. The summed E-state index contributed by atoms with van der Waals surface area (Å²) in [6.45, 7) is 2.87. The van der Waals surface area contributed by atoms with Gasteiger partial charge in [0.2, 0.25) is 0 Å². The number of amides is 1. The topological polar surface area (TPSA) is 49.8 Å². The molecular weight excluding hydrogens is 242 g/mol. The van der Waals surface area contributed by atoms with Crippen LogP contribution in [0.1, 0.15) is 35.2 Å². The minimum atomic E-state index is 0.00213. The Kier molecular flexibility index (Phi) is 6.36. The lowest BCUT2D eigenvalue weighted by Crippen LogP contribution is -2.27. The SMILES string of the molecule is COc1cc(C(=O)N(C)CCCCCO)ccc1C. The molecule has 0 aliphatic heterocycles. The molecule has 106 valence electrons. The number of carbonyl (C=O) groups excluding carboxylic acids is 1. The number of hydrogen-bond donors (Lipinski definition) is 1. The minimum Gasteiger partial charge on any atom is -0.496 e. The maximum atomic E-state index is 12.2. The molecule has 4 nitrogen and oxygen atoms in total. The lowest BCUT2D eigenvalue weighted by Gasteiger charge is -2.17. The maximum absolute atomic E-state index is 12.2. The molecule has 1 N–H and O–H groups in total. The van der Waals surface area contributed by atoms with E-state index in [9.17, 15) is 4.79 Å². The average molecular weight is 265 g/mol. The van der Waals surface area contributed by atoms with Gasteiger partial charge >= 0.3 is 0 Å². The van der Waals surface area contributed by atoms with Gasteiger partial charge in [0.05, 0.1) is 7.11 Å². The zero-order valence-corrected chi connectivity index (χ0v) is 12.0. The van der Waals surface area contributed by atoms with Crippen molar-refractivity contribution in [3.05, 3.63) is 29.3 Å². The molecule has 0 fully saturated rings. The molecule has 0 heterocycles. The maximum Gasteiger partial charge on any atom is 0.253 e. The Bertz CT molecular complexity index is 418. The fraction of sp³-hybridized carbons (Fsp3) is 0.533. The van der Waals surface area contributed by atoms with Crippen molar-refractivity contribution >= 4 is 5.91 Å². The molecule has 1 rings (SSSR count). The van der Waals surface area contributed by atoms with Crippen LogP contribution in [0, 0.1) is 6.92 Å². The van der Waals surface area contributed by atoms with E-state index in [2.05, 4.69) is 0 Å². The first kappa shape index (κ1) is 15.5. The third kappa shape index (κ3) is 4.56. The van der Waals surface area contributed by atoms with Crippen LogP contribution >= 0.6 is 0 Å². The average Bonchev–Trinajstić information content (AvgIpc) is 2.43. The summed E-state index contributed by atoms with van der Waals surface area (Å²) < 4.78 is 5.23.